The highest BCUT2D eigenvalue weighted by Crippen LogP contribution is 2.30. The molecule has 0 saturated carbocycles. The van der Waals surface area contributed by atoms with Gasteiger partial charge in [0.05, 0.1) is 20.6 Å². The summed E-state index contributed by atoms with van der Waals surface area (Å²) in [5.74, 6) is 1.79. The minimum absolute atomic E-state index is 0.136. The van der Waals surface area contributed by atoms with Crippen LogP contribution in [-0.2, 0) is 12.8 Å². The Hall–Kier alpha value is -3.45. The van der Waals surface area contributed by atoms with Gasteiger partial charge in [-0.15, -0.1) is 0 Å². The first-order valence-electron chi connectivity index (χ1n) is 9.94. The second-order valence-corrected chi connectivity index (χ2v) is 8.43. The van der Waals surface area contributed by atoms with E-state index in [1.54, 1.807) is 24.3 Å². The van der Waals surface area contributed by atoms with Gasteiger partial charge in [-0.25, -0.2) is 0 Å². The zero-order valence-corrected chi connectivity index (χ0v) is 17.5. The van der Waals surface area contributed by atoms with Crippen molar-refractivity contribution in [2.75, 3.05) is 11.5 Å². The lowest BCUT2D eigenvalue weighted by Gasteiger charge is -2.09. The third-order valence-electron chi connectivity index (χ3n) is 5.41. The van der Waals surface area contributed by atoms with Crippen LogP contribution in [0.3, 0.4) is 0 Å². The second-order valence-electron chi connectivity index (χ2n) is 7.21. The number of benzene rings is 4. The number of non-ortho nitro benzene ring substituents is 2. The van der Waals surface area contributed by atoms with E-state index in [1.165, 1.54) is 0 Å². The van der Waals surface area contributed by atoms with Gasteiger partial charge in [-0.05, 0) is 58.4 Å². The van der Waals surface area contributed by atoms with Crippen LogP contribution in [0, 0.1) is 20.2 Å². The normalized spacial score (nSPS) is 11.1. The summed E-state index contributed by atoms with van der Waals surface area (Å²) in [7, 11) is 0. The molecular weight excluding hydrogens is 412 g/mol. The first kappa shape index (κ1) is 20.8. The fourth-order valence-corrected chi connectivity index (χ4v) is 4.84. The number of thioether (sulfide) groups is 1. The Balaban J connectivity index is 1.42. The number of nitrogens with zero attached hydrogens (tertiary/aromatic N) is 2. The highest BCUT2D eigenvalue weighted by Gasteiger charge is 2.15. The van der Waals surface area contributed by atoms with E-state index in [4.69, 9.17) is 0 Å². The van der Waals surface area contributed by atoms with Gasteiger partial charge in [-0.3, -0.25) is 20.2 Å². The summed E-state index contributed by atoms with van der Waals surface area (Å²) < 4.78 is 0. The predicted octanol–water partition coefficient (Wildman–Crippen LogP) is 6.33. The summed E-state index contributed by atoms with van der Waals surface area (Å²) >= 11 is 1.81. The summed E-state index contributed by atoms with van der Waals surface area (Å²) in [5, 5.41) is 25.8. The van der Waals surface area contributed by atoms with Gasteiger partial charge >= 0.3 is 0 Å². The summed E-state index contributed by atoms with van der Waals surface area (Å²) in [6, 6.07) is 21.8. The predicted molar refractivity (Wildman–Crippen MR) is 126 cm³/mol. The van der Waals surface area contributed by atoms with E-state index < -0.39 is 0 Å². The molecule has 0 heterocycles. The van der Waals surface area contributed by atoms with Crippen LogP contribution >= 0.6 is 11.8 Å². The molecule has 4 rings (SSSR count). The number of nitro benzene ring substituents is 2. The molecule has 0 saturated heterocycles. The summed E-state index contributed by atoms with van der Waals surface area (Å²) in [6.45, 7) is 0. The van der Waals surface area contributed by atoms with Crippen molar-refractivity contribution in [2.45, 2.75) is 12.8 Å². The highest BCUT2D eigenvalue weighted by atomic mass is 32.2. The summed E-state index contributed by atoms with van der Waals surface area (Å²) in [6.07, 6.45) is 1.65. The average Bonchev–Trinajstić information content (AvgIpc) is 2.78. The molecule has 0 atom stereocenters. The molecular formula is C24H20N2O4S. The van der Waals surface area contributed by atoms with Crippen molar-refractivity contribution in [1.29, 1.82) is 0 Å². The molecule has 156 valence electrons. The van der Waals surface area contributed by atoms with Crippen LogP contribution in [-0.4, -0.2) is 21.4 Å². The van der Waals surface area contributed by atoms with Gasteiger partial charge in [0.1, 0.15) is 0 Å². The molecule has 0 N–H and O–H groups in total. The van der Waals surface area contributed by atoms with Crippen LogP contribution in [0.25, 0.3) is 21.5 Å². The van der Waals surface area contributed by atoms with Gasteiger partial charge in [0.2, 0.25) is 0 Å². The lowest BCUT2D eigenvalue weighted by molar-refractivity contribution is -0.383. The molecule has 0 radical (unpaired) electrons. The monoisotopic (exact) mass is 432 g/mol. The van der Waals surface area contributed by atoms with E-state index in [9.17, 15) is 20.2 Å². The van der Waals surface area contributed by atoms with Crippen LogP contribution in [0.4, 0.5) is 11.4 Å². The maximum Gasteiger partial charge on any atom is 0.277 e. The number of aryl methyl sites for hydroxylation is 2. The van der Waals surface area contributed by atoms with Crippen LogP contribution in [0.15, 0.2) is 72.8 Å². The Bertz CT molecular complexity index is 1190. The first-order valence-corrected chi connectivity index (χ1v) is 11.1. The Labute approximate surface area is 183 Å². The smallest absolute Gasteiger partial charge is 0.258 e. The number of rotatable bonds is 8. The quantitative estimate of drug-likeness (QED) is 0.184. The first-order chi connectivity index (χ1) is 15.1. The largest absolute Gasteiger partial charge is 0.277 e. The molecule has 31 heavy (non-hydrogen) atoms. The fourth-order valence-electron chi connectivity index (χ4n) is 3.91. The molecule has 4 aromatic rings. The van der Waals surface area contributed by atoms with E-state index in [-0.39, 0.29) is 21.2 Å². The Morgan fingerprint density at radius 3 is 1.35 bits per heavy atom. The third-order valence-corrected chi connectivity index (χ3v) is 6.39. The van der Waals surface area contributed by atoms with Gasteiger partial charge in [0, 0.05) is 12.1 Å². The number of nitro groups is 2. The van der Waals surface area contributed by atoms with Crippen molar-refractivity contribution < 1.29 is 9.85 Å². The van der Waals surface area contributed by atoms with Crippen LogP contribution in [0.1, 0.15) is 11.1 Å². The molecule has 0 bridgehead atoms. The van der Waals surface area contributed by atoms with Gasteiger partial charge in [0.25, 0.3) is 11.4 Å². The van der Waals surface area contributed by atoms with Crippen LogP contribution < -0.4 is 0 Å². The van der Waals surface area contributed by atoms with Gasteiger partial charge in [0.15, 0.2) is 0 Å². The van der Waals surface area contributed by atoms with Crippen molar-refractivity contribution in [2.24, 2.45) is 0 Å². The SMILES string of the molecule is O=[N+]([O-])c1ccc(CCSCCc2ccc([N+](=O)[O-])c3ccccc23)c2ccccc12. The summed E-state index contributed by atoms with van der Waals surface area (Å²) in [4.78, 5) is 21.9. The molecule has 0 fully saturated rings. The van der Waals surface area contributed by atoms with Crippen molar-refractivity contribution in [1.82, 2.24) is 0 Å². The van der Waals surface area contributed by atoms with Gasteiger partial charge in [-0.2, -0.15) is 11.8 Å². The maximum atomic E-state index is 11.3. The summed E-state index contributed by atoms with van der Waals surface area (Å²) in [5.41, 5.74) is 2.48. The second kappa shape index (κ2) is 9.14. The zero-order chi connectivity index (χ0) is 21.8. The lowest BCUT2D eigenvalue weighted by Crippen LogP contribution is -1.97. The average molecular weight is 433 g/mol. The standard InChI is InChI=1S/C24H20N2O4S/c27-25(28)23-11-9-17(19-5-1-3-7-21(19)23)13-15-31-16-14-18-10-12-24(26(29)30)22-8-4-2-6-20(18)22/h1-12H,13-16H2. The molecule has 0 amide bonds. The molecule has 0 aliphatic heterocycles. The molecule has 0 aliphatic rings. The van der Waals surface area contributed by atoms with Gasteiger partial charge < -0.3 is 0 Å². The van der Waals surface area contributed by atoms with Crippen molar-refractivity contribution >= 4 is 44.7 Å². The van der Waals surface area contributed by atoms with E-state index in [0.29, 0.717) is 10.8 Å². The Morgan fingerprint density at radius 2 is 0.968 bits per heavy atom. The molecule has 0 unspecified atom stereocenters. The molecule has 0 spiro atoms. The van der Waals surface area contributed by atoms with Crippen LogP contribution in [0.2, 0.25) is 0 Å². The minimum atomic E-state index is -0.338. The molecule has 6 nitrogen and oxygen atoms in total. The number of hydrogen-bond acceptors (Lipinski definition) is 5. The highest BCUT2D eigenvalue weighted by molar-refractivity contribution is 7.99. The Kier molecular flexibility index (Phi) is 6.13. The van der Waals surface area contributed by atoms with Crippen LogP contribution in [0.5, 0.6) is 0 Å². The maximum absolute atomic E-state index is 11.3. The van der Waals surface area contributed by atoms with Crippen molar-refractivity contribution in [3.8, 4) is 0 Å². The molecule has 0 aromatic heterocycles. The van der Waals surface area contributed by atoms with E-state index in [2.05, 4.69) is 0 Å². The Morgan fingerprint density at radius 1 is 0.581 bits per heavy atom. The molecule has 4 aromatic carbocycles. The molecule has 7 heteroatoms. The minimum Gasteiger partial charge on any atom is -0.258 e. The number of fused-ring (bicyclic) bond motifs is 2. The van der Waals surface area contributed by atoms with Crippen molar-refractivity contribution in [3.63, 3.8) is 0 Å². The van der Waals surface area contributed by atoms with E-state index >= 15 is 0 Å². The topological polar surface area (TPSA) is 86.3 Å². The molecule has 0 aliphatic carbocycles. The third kappa shape index (κ3) is 4.36. The van der Waals surface area contributed by atoms with E-state index in [0.717, 1.165) is 46.2 Å². The van der Waals surface area contributed by atoms with Gasteiger partial charge in [-0.1, -0.05) is 48.5 Å². The van der Waals surface area contributed by atoms with E-state index in [1.807, 2.05) is 60.3 Å². The number of hydrogen-bond donors (Lipinski definition) is 0. The fraction of sp³-hybridized carbons (Fsp3) is 0.167. The zero-order valence-electron chi connectivity index (χ0n) is 16.7. The lowest BCUT2D eigenvalue weighted by atomic mass is 10.0. The van der Waals surface area contributed by atoms with Crippen molar-refractivity contribution in [3.05, 3.63) is 104 Å².